The molecule has 1 N–H and O–H groups in total. The van der Waals surface area contributed by atoms with Crippen molar-refractivity contribution in [2.45, 2.75) is 20.3 Å². The van der Waals surface area contributed by atoms with Crippen LogP contribution in [0.5, 0.6) is 0 Å². The lowest BCUT2D eigenvalue weighted by Crippen LogP contribution is -2.07. The van der Waals surface area contributed by atoms with Gasteiger partial charge in [0.05, 0.1) is 5.56 Å². The number of hydrogen-bond donors (Lipinski definition) is 1. The van der Waals surface area contributed by atoms with E-state index in [0.29, 0.717) is 11.4 Å². The third-order valence-electron chi connectivity index (χ3n) is 2.92. The van der Waals surface area contributed by atoms with Crippen LogP contribution in [0.25, 0.3) is 0 Å². The highest BCUT2D eigenvalue weighted by Gasteiger charge is 2.01. The molecule has 1 heterocycles. The normalized spacial score (nSPS) is 9.95. The smallest absolute Gasteiger partial charge is 0.143 e. The van der Waals surface area contributed by atoms with Crippen molar-refractivity contribution in [2.24, 2.45) is 0 Å². The summed E-state index contributed by atoms with van der Waals surface area (Å²) in [5, 5.41) is 12.2. The molecule has 3 heteroatoms. The largest absolute Gasteiger partial charge is 0.369 e. The maximum Gasteiger partial charge on any atom is 0.143 e. The lowest BCUT2D eigenvalue weighted by Gasteiger charge is -2.08. The van der Waals surface area contributed by atoms with Crippen LogP contribution in [-0.2, 0) is 6.42 Å². The average Bonchev–Trinajstić information content (AvgIpc) is 2.38. The summed E-state index contributed by atoms with van der Waals surface area (Å²) in [6, 6.07) is 12.2. The first-order valence-electron chi connectivity index (χ1n) is 6.35. The molecular weight excluding hydrogens is 234 g/mol. The van der Waals surface area contributed by atoms with Crippen molar-refractivity contribution < 1.29 is 0 Å². The van der Waals surface area contributed by atoms with Gasteiger partial charge in [-0.3, -0.25) is 0 Å². The van der Waals surface area contributed by atoms with Gasteiger partial charge in [-0.2, -0.15) is 5.26 Å². The summed E-state index contributed by atoms with van der Waals surface area (Å²) in [5.74, 6) is 0.661. The Kier molecular flexibility index (Phi) is 4.15. The molecular formula is C16H17N3. The average molecular weight is 251 g/mol. The number of nitrogens with zero attached hydrogens (tertiary/aromatic N) is 2. The van der Waals surface area contributed by atoms with Gasteiger partial charge in [0.15, 0.2) is 0 Å². The molecule has 2 aromatic rings. The molecule has 0 unspecified atom stereocenters. The topological polar surface area (TPSA) is 48.7 Å². The number of nitriles is 1. The van der Waals surface area contributed by atoms with Gasteiger partial charge < -0.3 is 5.32 Å². The first-order valence-corrected chi connectivity index (χ1v) is 6.35. The monoisotopic (exact) mass is 251 g/mol. The molecule has 2 rings (SSSR count). The highest BCUT2D eigenvalue weighted by atomic mass is 15.0. The Balaban J connectivity index is 1.98. The molecule has 96 valence electrons. The molecule has 0 amide bonds. The Morgan fingerprint density at radius 1 is 1.21 bits per heavy atom. The van der Waals surface area contributed by atoms with Crippen LogP contribution in [0.4, 0.5) is 5.82 Å². The van der Waals surface area contributed by atoms with Gasteiger partial charge >= 0.3 is 0 Å². The number of aromatic nitrogens is 1. The van der Waals surface area contributed by atoms with Crippen molar-refractivity contribution >= 4 is 5.82 Å². The number of benzene rings is 1. The van der Waals surface area contributed by atoms with Crippen LogP contribution in [0.1, 0.15) is 22.3 Å². The van der Waals surface area contributed by atoms with E-state index in [1.807, 2.05) is 0 Å². The molecule has 0 saturated heterocycles. The van der Waals surface area contributed by atoms with E-state index in [4.69, 9.17) is 5.26 Å². The van der Waals surface area contributed by atoms with Crippen LogP contribution in [0.2, 0.25) is 0 Å². The number of anilines is 1. The van der Waals surface area contributed by atoms with Crippen LogP contribution < -0.4 is 5.32 Å². The van der Waals surface area contributed by atoms with E-state index in [-0.39, 0.29) is 0 Å². The summed E-state index contributed by atoms with van der Waals surface area (Å²) in [6.45, 7) is 4.99. The van der Waals surface area contributed by atoms with E-state index in [1.165, 1.54) is 16.7 Å². The first-order chi connectivity index (χ1) is 9.19. The first kappa shape index (κ1) is 13.1. The predicted molar refractivity (Wildman–Crippen MR) is 77.1 cm³/mol. The second-order valence-corrected chi connectivity index (χ2v) is 4.68. The zero-order valence-corrected chi connectivity index (χ0v) is 11.3. The van der Waals surface area contributed by atoms with Gasteiger partial charge in [0.1, 0.15) is 11.9 Å². The second-order valence-electron chi connectivity index (χ2n) is 4.68. The number of rotatable bonds is 4. The van der Waals surface area contributed by atoms with Crippen molar-refractivity contribution in [1.29, 1.82) is 5.26 Å². The molecule has 0 bridgehead atoms. The van der Waals surface area contributed by atoms with Gasteiger partial charge in [0.25, 0.3) is 0 Å². The zero-order valence-electron chi connectivity index (χ0n) is 11.3. The summed E-state index contributed by atoms with van der Waals surface area (Å²) >= 11 is 0. The second kappa shape index (κ2) is 6.01. The quantitative estimate of drug-likeness (QED) is 0.907. The van der Waals surface area contributed by atoms with Gasteiger partial charge in [-0.1, -0.05) is 29.3 Å². The van der Waals surface area contributed by atoms with Gasteiger partial charge in [-0.15, -0.1) is 0 Å². The third-order valence-corrected chi connectivity index (χ3v) is 2.92. The number of pyridine rings is 1. The maximum atomic E-state index is 8.98. The lowest BCUT2D eigenvalue weighted by atomic mass is 10.1. The summed E-state index contributed by atoms with van der Waals surface area (Å²) in [7, 11) is 0. The predicted octanol–water partition coefficient (Wildman–Crippen LogP) is 3.22. The fraction of sp³-hybridized carbons (Fsp3) is 0.250. The summed E-state index contributed by atoms with van der Waals surface area (Å²) in [6.07, 6.45) is 2.62. The van der Waals surface area contributed by atoms with Crippen LogP contribution in [-0.4, -0.2) is 11.5 Å². The number of aryl methyl sites for hydroxylation is 2. The molecule has 0 spiro atoms. The van der Waals surface area contributed by atoms with E-state index >= 15 is 0 Å². The van der Waals surface area contributed by atoms with E-state index < -0.39 is 0 Å². The molecule has 0 radical (unpaired) electrons. The summed E-state index contributed by atoms with van der Waals surface area (Å²) in [4.78, 5) is 4.18. The molecule has 0 aliphatic carbocycles. The third kappa shape index (κ3) is 3.56. The Morgan fingerprint density at radius 2 is 1.95 bits per heavy atom. The van der Waals surface area contributed by atoms with E-state index in [2.05, 4.69) is 48.4 Å². The Bertz CT molecular complexity index is 591. The summed E-state index contributed by atoms with van der Waals surface area (Å²) in [5.41, 5.74) is 4.46. The molecule has 0 saturated carbocycles. The Labute approximate surface area is 113 Å². The van der Waals surface area contributed by atoms with E-state index in [9.17, 15) is 0 Å². The minimum atomic E-state index is 0.586. The Hall–Kier alpha value is -2.34. The molecule has 1 aromatic carbocycles. The molecule has 3 nitrogen and oxygen atoms in total. The molecule has 0 fully saturated rings. The molecule has 0 atom stereocenters. The molecule has 1 aromatic heterocycles. The highest BCUT2D eigenvalue weighted by Crippen LogP contribution is 2.12. The molecule has 19 heavy (non-hydrogen) atoms. The van der Waals surface area contributed by atoms with Crippen molar-refractivity contribution in [3.05, 3.63) is 58.8 Å². The van der Waals surface area contributed by atoms with Crippen LogP contribution in [0, 0.1) is 25.2 Å². The zero-order chi connectivity index (χ0) is 13.7. The van der Waals surface area contributed by atoms with Gasteiger partial charge in [0.2, 0.25) is 0 Å². The minimum absolute atomic E-state index is 0.586. The summed E-state index contributed by atoms with van der Waals surface area (Å²) < 4.78 is 0. The van der Waals surface area contributed by atoms with Gasteiger partial charge in [-0.25, -0.2) is 4.98 Å². The molecule has 0 aliphatic heterocycles. The Morgan fingerprint density at radius 3 is 2.63 bits per heavy atom. The van der Waals surface area contributed by atoms with Crippen LogP contribution in [0.15, 0.2) is 36.5 Å². The minimum Gasteiger partial charge on any atom is -0.369 e. The van der Waals surface area contributed by atoms with Crippen molar-refractivity contribution in [3.63, 3.8) is 0 Å². The van der Waals surface area contributed by atoms with Gasteiger partial charge in [0, 0.05) is 12.7 Å². The van der Waals surface area contributed by atoms with Crippen molar-refractivity contribution in [3.8, 4) is 6.07 Å². The van der Waals surface area contributed by atoms with Crippen molar-refractivity contribution in [1.82, 2.24) is 4.98 Å². The number of hydrogen-bond acceptors (Lipinski definition) is 3. The van der Waals surface area contributed by atoms with Gasteiger partial charge in [-0.05, 0) is 38.0 Å². The van der Waals surface area contributed by atoms with E-state index in [0.717, 1.165) is 13.0 Å². The SMILES string of the molecule is Cc1cc(C)cc(CCNc2ncccc2C#N)c1. The fourth-order valence-electron chi connectivity index (χ4n) is 2.17. The van der Waals surface area contributed by atoms with Crippen LogP contribution >= 0.6 is 0 Å². The lowest BCUT2D eigenvalue weighted by molar-refractivity contribution is 0.999. The molecule has 0 aliphatic rings. The van der Waals surface area contributed by atoms with E-state index in [1.54, 1.807) is 18.3 Å². The standard InChI is InChI=1S/C16H17N3/c1-12-8-13(2)10-14(9-12)5-7-19-16-15(11-17)4-3-6-18-16/h3-4,6,8-10H,5,7H2,1-2H3,(H,18,19). The highest BCUT2D eigenvalue weighted by molar-refractivity contribution is 5.51. The van der Waals surface area contributed by atoms with Crippen molar-refractivity contribution in [2.75, 3.05) is 11.9 Å². The number of nitrogens with one attached hydrogen (secondary N) is 1. The maximum absolute atomic E-state index is 8.98. The fourth-order valence-corrected chi connectivity index (χ4v) is 2.17. The van der Waals surface area contributed by atoms with Crippen LogP contribution in [0.3, 0.4) is 0 Å².